The summed E-state index contributed by atoms with van der Waals surface area (Å²) in [6.45, 7) is 3.37. The van der Waals surface area contributed by atoms with Crippen LogP contribution in [0.15, 0.2) is 81.3 Å². The first-order chi connectivity index (χ1) is 15.3. The molecule has 2 aliphatic rings. The van der Waals surface area contributed by atoms with E-state index >= 15 is 0 Å². The fourth-order valence-electron chi connectivity index (χ4n) is 3.87. The number of benzodiazepines with no additional fused rings is 1. The lowest BCUT2D eigenvalue weighted by Gasteiger charge is -2.32. The van der Waals surface area contributed by atoms with Crippen molar-refractivity contribution in [2.75, 3.05) is 31.6 Å². The van der Waals surface area contributed by atoms with Crippen molar-refractivity contribution in [1.29, 1.82) is 0 Å². The molecule has 7 heteroatoms. The van der Waals surface area contributed by atoms with Crippen LogP contribution in [0.5, 0.6) is 0 Å². The fraction of sp³-hybridized carbons (Fsp3) is 0.250. The quantitative estimate of drug-likeness (QED) is 0.658. The first-order valence-corrected chi connectivity index (χ1v) is 10.7. The van der Waals surface area contributed by atoms with Gasteiger partial charge in [-0.25, -0.2) is 0 Å². The van der Waals surface area contributed by atoms with E-state index in [1.54, 1.807) is 6.26 Å². The molecule has 1 aromatic heterocycles. The maximum atomic E-state index is 6.38. The normalized spacial score (nSPS) is 20.6. The van der Waals surface area contributed by atoms with Gasteiger partial charge >= 0.3 is 0 Å². The number of furan rings is 1. The van der Waals surface area contributed by atoms with Gasteiger partial charge in [0.25, 0.3) is 0 Å². The van der Waals surface area contributed by atoms with E-state index in [9.17, 15) is 0 Å². The lowest BCUT2D eigenvalue weighted by molar-refractivity contribution is 0.0303. The molecule has 0 saturated carbocycles. The Bertz CT molecular complexity index is 1090. The van der Waals surface area contributed by atoms with Crippen LogP contribution in [-0.2, 0) is 11.3 Å². The van der Waals surface area contributed by atoms with Crippen LogP contribution in [0.3, 0.4) is 0 Å². The van der Waals surface area contributed by atoms with E-state index in [4.69, 9.17) is 30.7 Å². The standard InChI is InChI=1S/C24H23ClN4O2/c25-18-8-9-21-20(15-18)22(17-5-2-1-3-6-17)28-24(29-10-13-30-14-11-29)23(27-21)26-16-19-7-4-12-31-19/h1-9,12,15,24H,10-11,13-14,16H2,(H,26,27). The van der Waals surface area contributed by atoms with Crippen LogP contribution in [0.1, 0.15) is 16.9 Å². The molecule has 31 heavy (non-hydrogen) atoms. The predicted octanol–water partition coefficient (Wildman–Crippen LogP) is 4.45. The zero-order valence-corrected chi connectivity index (χ0v) is 17.8. The lowest BCUT2D eigenvalue weighted by Crippen LogP contribution is -2.48. The number of morpholine rings is 1. The summed E-state index contributed by atoms with van der Waals surface area (Å²) in [7, 11) is 0. The Kier molecular flexibility index (Phi) is 5.84. The molecule has 1 saturated heterocycles. The SMILES string of the molecule is Clc1ccc2c(c1)C(c1ccccc1)=NC(N1CCOCC1)C(=NCc1ccco1)N2. The number of hydrogen-bond acceptors (Lipinski definition) is 5. The van der Waals surface area contributed by atoms with Crippen LogP contribution >= 0.6 is 11.6 Å². The average Bonchev–Trinajstić information content (AvgIpc) is 3.28. The molecule has 3 aromatic rings. The summed E-state index contributed by atoms with van der Waals surface area (Å²) in [5, 5.41) is 4.22. The van der Waals surface area contributed by atoms with Crippen LogP contribution in [0.2, 0.25) is 5.02 Å². The highest BCUT2D eigenvalue weighted by Gasteiger charge is 2.30. The van der Waals surface area contributed by atoms with Gasteiger partial charge in [0.2, 0.25) is 0 Å². The van der Waals surface area contributed by atoms with Crippen molar-refractivity contribution in [1.82, 2.24) is 4.90 Å². The minimum Gasteiger partial charge on any atom is -0.467 e. The molecule has 0 aliphatic carbocycles. The van der Waals surface area contributed by atoms with Crippen molar-refractivity contribution >= 4 is 28.8 Å². The van der Waals surface area contributed by atoms with E-state index in [1.165, 1.54) is 0 Å². The van der Waals surface area contributed by atoms with Crippen LogP contribution in [-0.4, -0.2) is 48.9 Å². The van der Waals surface area contributed by atoms with E-state index in [0.29, 0.717) is 24.8 Å². The molecule has 0 spiro atoms. The van der Waals surface area contributed by atoms with Crippen molar-refractivity contribution in [3.8, 4) is 0 Å². The molecule has 5 rings (SSSR count). The predicted molar refractivity (Wildman–Crippen MR) is 123 cm³/mol. The summed E-state index contributed by atoms with van der Waals surface area (Å²) >= 11 is 6.38. The summed E-state index contributed by atoms with van der Waals surface area (Å²) in [6, 6.07) is 19.8. The lowest BCUT2D eigenvalue weighted by atomic mass is 10.0. The van der Waals surface area contributed by atoms with Gasteiger partial charge in [-0.1, -0.05) is 41.9 Å². The largest absolute Gasteiger partial charge is 0.467 e. The highest BCUT2D eigenvalue weighted by molar-refractivity contribution is 6.32. The van der Waals surface area contributed by atoms with Crippen LogP contribution in [0.25, 0.3) is 0 Å². The molecule has 3 heterocycles. The Balaban J connectivity index is 1.63. The Morgan fingerprint density at radius 1 is 1.06 bits per heavy atom. The monoisotopic (exact) mass is 434 g/mol. The van der Waals surface area contributed by atoms with Gasteiger partial charge in [0.1, 0.15) is 11.6 Å². The molecule has 2 aliphatic heterocycles. The zero-order valence-electron chi connectivity index (χ0n) is 17.0. The van der Waals surface area contributed by atoms with Crippen molar-refractivity contribution < 1.29 is 9.15 Å². The Morgan fingerprint density at radius 3 is 2.68 bits per heavy atom. The number of aliphatic imine (C=N–C) groups is 2. The summed E-state index contributed by atoms with van der Waals surface area (Å²) in [5.74, 6) is 1.59. The fourth-order valence-corrected chi connectivity index (χ4v) is 4.04. The van der Waals surface area contributed by atoms with Gasteiger partial charge in [-0.2, -0.15) is 0 Å². The molecule has 6 nitrogen and oxygen atoms in total. The number of nitrogens with one attached hydrogen (secondary N) is 1. The van der Waals surface area contributed by atoms with Gasteiger partial charge in [0.05, 0.1) is 31.7 Å². The summed E-state index contributed by atoms with van der Waals surface area (Å²) in [4.78, 5) is 12.4. The molecule has 0 radical (unpaired) electrons. The second kappa shape index (κ2) is 9.06. The number of rotatable bonds is 4. The van der Waals surface area contributed by atoms with Crippen LogP contribution in [0.4, 0.5) is 5.69 Å². The topological polar surface area (TPSA) is 62.4 Å². The third-order valence-corrected chi connectivity index (χ3v) is 5.65. The first-order valence-electron chi connectivity index (χ1n) is 10.4. The number of halogens is 1. The number of benzene rings is 2. The number of fused-ring (bicyclic) bond motifs is 1. The van der Waals surface area contributed by atoms with E-state index < -0.39 is 0 Å². The molecular formula is C24H23ClN4O2. The van der Waals surface area contributed by atoms with Crippen LogP contribution < -0.4 is 5.32 Å². The van der Waals surface area contributed by atoms with Gasteiger partial charge in [0.15, 0.2) is 6.17 Å². The molecule has 2 aromatic carbocycles. The number of nitrogens with zero attached hydrogens (tertiary/aromatic N) is 3. The zero-order chi connectivity index (χ0) is 21.0. The maximum Gasteiger partial charge on any atom is 0.161 e. The van der Waals surface area contributed by atoms with Crippen LogP contribution in [0, 0.1) is 0 Å². The van der Waals surface area contributed by atoms with Crippen molar-refractivity contribution in [3.63, 3.8) is 0 Å². The van der Waals surface area contributed by atoms with Crippen molar-refractivity contribution in [2.24, 2.45) is 9.98 Å². The van der Waals surface area contributed by atoms with Gasteiger partial charge in [0, 0.05) is 34.9 Å². The van der Waals surface area contributed by atoms with Gasteiger partial charge in [-0.05, 0) is 30.3 Å². The smallest absolute Gasteiger partial charge is 0.161 e. The third kappa shape index (κ3) is 4.42. The Labute approximate surface area is 186 Å². The third-order valence-electron chi connectivity index (χ3n) is 5.42. The van der Waals surface area contributed by atoms with E-state index in [-0.39, 0.29) is 6.17 Å². The second-order valence-corrected chi connectivity index (χ2v) is 7.90. The van der Waals surface area contributed by atoms with Crippen molar-refractivity contribution in [3.05, 3.63) is 88.8 Å². The number of ether oxygens (including phenoxy) is 1. The Morgan fingerprint density at radius 2 is 1.90 bits per heavy atom. The molecule has 0 amide bonds. The molecule has 1 atom stereocenters. The number of anilines is 1. The van der Waals surface area contributed by atoms with Crippen molar-refractivity contribution in [2.45, 2.75) is 12.7 Å². The first kappa shape index (κ1) is 20.0. The molecular weight excluding hydrogens is 412 g/mol. The average molecular weight is 435 g/mol. The molecule has 1 fully saturated rings. The molecule has 1 N–H and O–H groups in total. The van der Waals surface area contributed by atoms with E-state index in [2.05, 4.69) is 22.3 Å². The summed E-state index contributed by atoms with van der Waals surface area (Å²) < 4.78 is 11.1. The minimum absolute atomic E-state index is 0.264. The van der Waals surface area contributed by atoms with Gasteiger partial charge in [-0.3, -0.25) is 14.9 Å². The summed E-state index contributed by atoms with van der Waals surface area (Å²) in [5.41, 5.74) is 3.82. The van der Waals surface area contributed by atoms with E-state index in [0.717, 1.165) is 47.2 Å². The van der Waals surface area contributed by atoms with E-state index in [1.807, 2.05) is 48.5 Å². The highest BCUT2D eigenvalue weighted by atomic mass is 35.5. The maximum absolute atomic E-state index is 6.38. The minimum atomic E-state index is -0.264. The highest BCUT2D eigenvalue weighted by Crippen LogP contribution is 2.28. The second-order valence-electron chi connectivity index (χ2n) is 7.46. The van der Waals surface area contributed by atoms with Gasteiger partial charge in [-0.15, -0.1) is 0 Å². The Hall–Kier alpha value is -2.93. The van der Waals surface area contributed by atoms with Gasteiger partial charge < -0.3 is 14.5 Å². The summed E-state index contributed by atoms with van der Waals surface area (Å²) in [6.07, 6.45) is 1.40. The molecule has 1 unspecified atom stereocenters. The molecule has 158 valence electrons. The number of amidine groups is 1. The molecule has 0 bridgehead atoms. The number of hydrogen-bond donors (Lipinski definition) is 1.